The van der Waals surface area contributed by atoms with Crippen LogP contribution in [0.1, 0.15) is 19.8 Å². The van der Waals surface area contributed by atoms with Crippen LogP contribution in [0.15, 0.2) is 24.3 Å². The first kappa shape index (κ1) is 18.0. The molecule has 0 saturated carbocycles. The Balaban J connectivity index is 1.86. The smallest absolute Gasteiger partial charge is 0.321 e. The van der Waals surface area contributed by atoms with Gasteiger partial charge in [-0.05, 0) is 30.7 Å². The number of sulfonamides is 1. The fourth-order valence-corrected chi connectivity index (χ4v) is 4.12. The minimum Gasteiger partial charge on any atom is -0.322 e. The van der Waals surface area contributed by atoms with Gasteiger partial charge in [0.2, 0.25) is 10.0 Å². The lowest BCUT2D eigenvalue weighted by Crippen LogP contribution is -2.52. The maximum atomic E-state index is 12.2. The molecular weight excluding hydrogens is 338 g/mol. The molecule has 128 valence electrons. The molecule has 1 aliphatic rings. The van der Waals surface area contributed by atoms with Gasteiger partial charge < -0.3 is 10.2 Å². The Morgan fingerprint density at radius 3 is 2.35 bits per heavy atom. The average Bonchev–Trinajstić information content (AvgIpc) is 2.55. The van der Waals surface area contributed by atoms with Gasteiger partial charge in [0.1, 0.15) is 0 Å². The van der Waals surface area contributed by atoms with Crippen LogP contribution in [0.5, 0.6) is 0 Å². The van der Waals surface area contributed by atoms with E-state index in [1.165, 1.54) is 4.31 Å². The molecule has 0 atom stereocenters. The van der Waals surface area contributed by atoms with Crippen molar-refractivity contribution in [3.05, 3.63) is 29.3 Å². The van der Waals surface area contributed by atoms with Crippen LogP contribution in [0.2, 0.25) is 5.02 Å². The van der Waals surface area contributed by atoms with E-state index in [0.29, 0.717) is 43.3 Å². The van der Waals surface area contributed by atoms with Crippen molar-refractivity contribution in [2.24, 2.45) is 0 Å². The summed E-state index contributed by atoms with van der Waals surface area (Å²) in [6.07, 6.45) is 1.52. The topological polar surface area (TPSA) is 69.7 Å². The number of halogens is 1. The first-order chi connectivity index (χ1) is 10.9. The van der Waals surface area contributed by atoms with Gasteiger partial charge in [-0.25, -0.2) is 13.2 Å². The van der Waals surface area contributed by atoms with Crippen LogP contribution in [0, 0.1) is 0 Å². The molecule has 1 aromatic carbocycles. The highest BCUT2D eigenvalue weighted by molar-refractivity contribution is 7.89. The van der Waals surface area contributed by atoms with Gasteiger partial charge in [-0.2, -0.15) is 4.31 Å². The van der Waals surface area contributed by atoms with Crippen molar-refractivity contribution < 1.29 is 13.2 Å². The van der Waals surface area contributed by atoms with Gasteiger partial charge in [-0.1, -0.05) is 24.9 Å². The lowest BCUT2D eigenvalue weighted by atomic mass is 10.3. The predicted octanol–water partition coefficient (Wildman–Crippen LogP) is 2.62. The Kier molecular flexibility index (Phi) is 6.26. The highest BCUT2D eigenvalue weighted by Gasteiger charge is 2.28. The Bertz CT molecular complexity index is 626. The van der Waals surface area contributed by atoms with Gasteiger partial charge in [0, 0.05) is 36.9 Å². The second kappa shape index (κ2) is 7.99. The van der Waals surface area contributed by atoms with Crippen molar-refractivity contribution in [1.29, 1.82) is 0 Å². The highest BCUT2D eigenvalue weighted by atomic mass is 35.5. The number of rotatable bonds is 5. The third-order valence-corrected chi connectivity index (χ3v) is 5.98. The van der Waals surface area contributed by atoms with E-state index < -0.39 is 10.0 Å². The number of hydrogen-bond acceptors (Lipinski definition) is 3. The fraction of sp³-hybridized carbons (Fsp3) is 0.533. The number of carbonyl (C=O) groups excluding carboxylic acids is 1. The highest BCUT2D eigenvalue weighted by Crippen LogP contribution is 2.15. The van der Waals surface area contributed by atoms with Crippen molar-refractivity contribution in [1.82, 2.24) is 9.21 Å². The number of hydrogen-bond donors (Lipinski definition) is 1. The van der Waals surface area contributed by atoms with E-state index in [0.717, 1.165) is 6.42 Å². The second-order valence-electron chi connectivity index (χ2n) is 5.49. The number of anilines is 1. The Hall–Kier alpha value is -1.31. The molecule has 0 radical (unpaired) electrons. The van der Waals surface area contributed by atoms with E-state index in [-0.39, 0.29) is 11.8 Å². The van der Waals surface area contributed by atoms with Crippen LogP contribution in [0.4, 0.5) is 10.5 Å². The van der Waals surface area contributed by atoms with E-state index in [1.54, 1.807) is 29.2 Å². The monoisotopic (exact) mass is 359 g/mol. The summed E-state index contributed by atoms with van der Waals surface area (Å²) in [5, 5.41) is 3.39. The molecule has 1 aliphatic heterocycles. The lowest BCUT2D eigenvalue weighted by Gasteiger charge is -2.34. The minimum absolute atomic E-state index is 0.181. The SMILES string of the molecule is CCCCS(=O)(=O)N1CCN(C(=O)Nc2ccc(Cl)cc2)CC1. The Morgan fingerprint density at radius 2 is 1.78 bits per heavy atom. The third kappa shape index (κ3) is 5.09. The van der Waals surface area contributed by atoms with Crippen LogP contribution < -0.4 is 5.32 Å². The van der Waals surface area contributed by atoms with Crippen molar-refractivity contribution in [2.45, 2.75) is 19.8 Å². The van der Waals surface area contributed by atoms with Crippen LogP contribution in [-0.4, -0.2) is 55.6 Å². The molecule has 2 amide bonds. The molecular formula is C15H22ClN3O3S. The molecule has 1 saturated heterocycles. The molecule has 2 rings (SSSR count). The number of piperazine rings is 1. The Morgan fingerprint density at radius 1 is 1.17 bits per heavy atom. The largest absolute Gasteiger partial charge is 0.322 e. The summed E-state index contributed by atoms with van der Waals surface area (Å²) >= 11 is 5.81. The molecule has 0 unspecified atom stereocenters. The molecule has 23 heavy (non-hydrogen) atoms. The molecule has 1 heterocycles. The van der Waals surface area contributed by atoms with Crippen LogP contribution in [0.25, 0.3) is 0 Å². The van der Waals surface area contributed by atoms with Gasteiger partial charge in [-0.3, -0.25) is 0 Å². The standard InChI is InChI=1S/C15H22ClN3O3S/c1-2-3-12-23(21,22)19-10-8-18(9-11-19)15(20)17-14-6-4-13(16)5-7-14/h4-7H,2-3,8-12H2,1H3,(H,17,20). The van der Waals surface area contributed by atoms with Gasteiger partial charge in [-0.15, -0.1) is 0 Å². The van der Waals surface area contributed by atoms with Gasteiger partial charge in [0.15, 0.2) is 0 Å². The normalized spacial score (nSPS) is 16.3. The van der Waals surface area contributed by atoms with Gasteiger partial charge in [0.25, 0.3) is 0 Å². The molecule has 8 heteroatoms. The summed E-state index contributed by atoms with van der Waals surface area (Å²) in [4.78, 5) is 13.8. The molecule has 1 fully saturated rings. The molecule has 0 aliphatic carbocycles. The quantitative estimate of drug-likeness (QED) is 0.878. The predicted molar refractivity (Wildman–Crippen MR) is 92.3 cm³/mol. The van der Waals surface area contributed by atoms with E-state index in [4.69, 9.17) is 11.6 Å². The fourth-order valence-electron chi connectivity index (χ4n) is 2.36. The summed E-state index contributed by atoms with van der Waals surface area (Å²) in [6, 6.07) is 6.64. The summed E-state index contributed by atoms with van der Waals surface area (Å²) in [7, 11) is -3.20. The first-order valence-electron chi connectivity index (χ1n) is 7.71. The lowest BCUT2D eigenvalue weighted by molar-refractivity contribution is 0.184. The van der Waals surface area contributed by atoms with Crippen molar-refractivity contribution in [3.63, 3.8) is 0 Å². The van der Waals surface area contributed by atoms with E-state index in [2.05, 4.69) is 5.32 Å². The average molecular weight is 360 g/mol. The number of amides is 2. The summed E-state index contributed by atoms with van der Waals surface area (Å²) in [5.41, 5.74) is 0.664. The van der Waals surface area contributed by atoms with Crippen LogP contribution in [0.3, 0.4) is 0 Å². The summed E-state index contributed by atoms with van der Waals surface area (Å²) < 4.78 is 25.8. The van der Waals surface area contributed by atoms with Crippen molar-refractivity contribution >= 4 is 33.3 Å². The van der Waals surface area contributed by atoms with Crippen LogP contribution >= 0.6 is 11.6 Å². The molecule has 0 bridgehead atoms. The minimum atomic E-state index is -3.20. The second-order valence-corrected chi connectivity index (χ2v) is 8.02. The number of carbonyl (C=O) groups is 1. The Labute approximate surface area is 142 Å². The van der Waals surface area contributed by atoms with Gasteiger partial charge >= 0.3 is 6.03 Å². The molecule has 1 N–H and O–H groups in total. The number of benzene rings is 1. The maximum absolute atomic E-state index is 12.2. The maximum Gasteiger partial charge on any atom is 0.321 e. The van der Waals surface area contributed by atoms with Crippen molar-refractivity contribution in [2.75, 3.05) is 37.2 Å². The van der Waals surface area contributed by atoms with E-state index in [1.807, 2.05) is 6.92 Å². The van der Waals surface area contributed by atoms with E-state index in [9.17, 15) is 13.2 Å². The molecule has 6 nitrogen and oxygen atoms in total. The first-order valence-corrected chi connectivity index (χ1v) is 9.70. The summed E-state index contributed by atoms with van der Waals surface area (Å²) in [6.45, 7) is 3.45. The number of unbranched alkanes of at least 4 members (excludes halogenated alkanes) is 1. The zero-order valence-corrected chi connectivity index (χ0v) is 14.7. The molecule has 0 aromatic heterocycles. The van der Waals surface area contributed by atoms with Crippen LogP contribution in [-0.2, 0) is 10.0 Å². The molecule has 0 spiro atoms. The summed E-state index contributed by atoms with van der Waals surface area (Å²) in [5.74, 6) is 0.181. The van der Waals surface area contributed by atoms with Crippen molar-refractivity contribution in [3.8, 4) is 0 Å². The molecule has 1 aromatic rings. The third-order valence-electron chi connectivity index (χ3n) is 3.77. The zero-order chi connectivity index (χ0) is 16.9. The van der Waals surface area contributed by atoms with E-state index >= 15 is 0 Å². The zero-order valence-electron chi connectivity index (χ0n) is 13.2. The number of nitrogens with zero attached hydrogens (tertiary/aromatic N) is 2. The van der Waals surface area contributed by atoms with Gasteiger partial charge in [0.05, 0.1) is 5.75 Å². The number of nitrogens with one attached hydrogen (secondary N) is 1. The number of urea groups is 1.